The van der Waals surface area contributed by atoms with Gasteiger partial charge in [0.1, 0.15) is 5.75 Å². The van der Waals surface area contributed by atoms with Gasteiger partial charge in [0.2, 0.25) is 0 Å². The summed E-state index contributed by atoms with van der Waals surface area (Å²) in [7, 11) is 1.76. The largest absolute Gasteiger partial charge is 0.496 e. The minimum absolute atomic E-state index is 0.1000. The van der Waals surface area contributed by atoms with Gasteiger partial charge in [-0.3, -0.25) is 0 Å². The molecule has 0 amide bonds. The second kappa shape index (κ2) is 4.82. The monoisotopic (exact) mass is 261 g/mol. The van der Waals surface area contributed by atoms with E-state index in [9.17, 15) is 0 Å². The van der Waals surface area contributed by atoms with Crippen LogP contribution in [0.25, 0.3) is 0 Å². The molecule has 2 nitrogen and oxygen atoms in total. The molecule has 0 bridgehead atoms. The zero-order chi connectivity index (χ0) is 14.3. The van der Waals surface area contributed by atoms with Gasteiger partial charge in [0, 0.05) is 5.54 Å². The molecule has 0 radical (unpaired) electrons. The first-order valence-electron chi connectivity index (χ1n) is 7.22. The average Bonchev–Trinajstić information content (AvgIpc) is 2.74. The lowest BCUT2D eigenvalue weighted by molar-refractivity contribution is 0.392. The van der Waals surface area contributed by atoms with Crippen molar-refractivity contribution in [3.8, 4) is 5.75 Å². The molecule has 1 aromatic rings. The van der Waals surface area contributed by atoms with Gasteiger partial charge < -0.3 is 10.1 Å². The summed E-state index contributed by atoms with van der Waals surface area (Å²) in [6.07, 6.45) is 2.47. The molecule has 0 spiro atoms. The minimum atomic E-state index is 0.1000. The van der Waals surface area contributed by atoms with Gasteiger partial charge in [-0.1, -0.05) is 20.8 Å². The Morgan fingerprint density at radius 3 is 2.42 bits per heavy atom. The molecular weight excluding hydrogens is 234 g/mol. The predicted octanol–water partition coefficient (Wildman–Crippen LogP) is 3.90. The summed E-state index contributed by atoms with van der Waals surface area (Å²) in [6.45, 7) is 12.4. The Bertz CT molecular complexity index is 465. The van der Waals surface area contributed by atoms with Gasteiger partial charge in [-0.15, -0.1) is 0 Å². The second-order valence-corrected chi connectivity index (χ2v) is 6.98. The molecule has 1 unspecified atom stereocenters. The molecule has 106 valence electrons. The lowest BCUT2D eigenvalue weighted by Gasteiger charge is -2.31. The van der Waals surface area contributed by atoms with Gasteiger partial charge >= 0.3 is 0 Å². The van der Waals surface area contributed by atoms with Crippen LogP contribution in [-0.4, -0.2) is 13.7 Å². The van der Waals surface area contributed by atoms with E-state index < -0.39 is 0 Å². The zero-order valence-electron chi connectivity index (χ0n) is 13.2. The molecule has 1 fully saturated rings. The first-order chi connectivity index (χ1) is 8.78. The van der Waals surface area contributed by atoms with Gasteiger partial charge in [0.25, 0.3) is 0 Å². The Morgan fingerprint density at radius 1 is 1.26 bits per heavy atom. The highest BCUT2D eigenvalue weighted by atomic mass is 16.5. The summed E-state index contributed by atoms with van der Waals surface area (Å²) in [6, 6.07) is 4.55. The molecule has 1 aliphatic rings. The minimum Gasteiger partial charge on any atom is -0.496 e. The Hall–Kier alpha value is -1.02. The van der Waals surface area contributed by atoms with Crippen molar-refractivity contribution < 1.29 is 4.74 Å². The maximum absolute atomic E-state index is 5.58. The van der Waals surface area contributed by atoms with Gasteiger partial charge in [0.15, 0.2) is 0 Å². The van der Waals surface area contributed by atoms with Crippen LogP contribution in [-0.2, 0) is 11.0 Å². The molecule has 1 heterocycles. The van der Waals surface area contributed by atoms with Crippen LogP contribution in [0.4, 0.5) is 0 Å². The average molecular weight is 261 g/mol. The molecule has 19 heavy (non-hydrogen) atoms. The van der Waals surface area contributed by atoms with Crippen molar-refractivity contribution in [2.45, 2.75) is 58.4 Å². The van der Waals surface area contributed by atoms with Crippen LogP contribution < -0.4 is 10.1 Å². The third-order valence-corrected chi connectivity index (χ3v) is 4.32. The molecule has 1 atom stereocenters. The molecule has 0 saturated carbocycles. The summed E-state index contributed by atoms with van der Waals surface area (Å²) in [5.41, 5.74) is 4.27. The number of hydrogen-bond donors (Lipinski definition) is 1. The maximum Gasteiger partial charge on any atom is 0.122 e. The summed E-state index contributed by atoms with van der Waals surface area (Å²) in [4.78, 5) is 0. The number of aryl methyl sites for hydroxylation is 1. The predicted molar refractivity (Wildman–Crippen MR) is 81.0 cm³/mol. The summed E-state index contributed by atoms with van der Waals surface area (Å²) in [5, 5.41) is 3.67. The van der Waals surface area contributed by atoms with Gasteiger partial charge in [-0.05, 0) is 67.5 Å². The molecule has 0 aromatic heterocycles. The van der Waals surface area contributed by atoms with Crippen LogP contribution in [0.3, 0.4) is 0 Å². The Balaban J connectivity index is 2.57. The topological polar surface area (TPSA) is 21.3 Å². The van der Waals surface area contributed by atoms with Gasteiger partial charge in [0.05, 0.1) is 7.11 Å². The van der Waals surface area contributed by atoms with E-state index in [0.717, 1.165) is 12.3 Å². The summed E-state index contributed by atoms with van der Waals surface area (Å²) >= 11 is 0. The highest BCUT2D eigenvalue weighted by Crippen LogP contribution is 2.39. The fourth-order valence-corrected chi connectivity index (χ4v) is 3.16. The highest BCUT2D eigenvalue weighted by molar-refractivity contribution is 5.48. The fraction of sp³-hybridized carbons (Fsp3) is 0.647. The van der Waals surface area contributed by atoms with E-state index in [1.165, 1.54) is 29.5 Å². The van der Waals surface area contributed by atoms with Crippen molar-refractivity contribution in [1.29, 1.82) is 0 Å². The quantitative estimate of drug-likeness (QED) is 0.872. The first kappa shape index (κ1) is 14.4. The standard InChI is InChI=1S/C17H27NO/c1-12-10-15(19-6)14(16(2,3)4)11-13(12)17(5)8-7-9-18-17/h10-11,18H,7-9H2,1-6H3. The van der Waals surface area contributed by atoms with Gasteiger partial charge in [-0.25, -0.2) is 0 Å². The smallest absolute Gasteiger partial charge is 0.122 e. The van der Waals surface area contributed by atoms with Crippen LogP contribution >= 0.6 is 0 Å². The molecular formula is C17H27NO. The number of rotatable bonds is 2. The van der Waals surface area contributed by atoms with E-state index >= 15 is 0 Å². The van der Waals surface area contributed by atoms with Crippen molar-refractivity contribution in [3.63, 3.8) is 0 Å². The van der Waals surface area contributed by atoms with Crippen molar-refractivity contribution in [2.24, 2.45) is 0 Å². The van der Waals surface area contributed by atoms with E-state index in [0.29, 0.717) is 0 Å². The zero-order valence-corrected chi connectivity index (χ0v) is 13.2. The van der Waals surface area contributed by atoms with Crippen molar-refractivity contribution in [3.05, 3.63) is 28.8 Å². The SMILES string of the molecule is COc1cc(C)c(C2(C)CCCN2)cc1C(C)(C)C. The van der Waals surface area contributed by atoms with Crippen molar-refractivity contribution >= 4 is 0 Å². The van der Waals surface area contributed by atoms with E-state index in [1.807, 2.05) is 0 Å². The van der Waals surface area contributed by atoms with Crippen LogP contribution in [0.15, 0.2) is 12.1 Å². The lowest BCUT2D eigenvalue weighted by atomic mass is 9.80. The second-order valence-electron chi connectivity index (χ2n) is 6.98. The highest BCUT2D eigenvalue weighted by Gasteiger charge is 2.33. The Morgan fingerprint density at radius 2 is 1.95 bits per heavy atom. The normalized spacial score (nSPS) is 23.7. The summed E-state index contributed by atoms with van der Waals surface area (Å²) in [5.74, 6) is 1.01. The van der Waals surface area contributed by atoms with Crippen LogP contribution in [0.1, 0.15) is 57.2 Å². The number of hydrogen-bond acceptors (Lipinski definition) is 2. The van der Waals surface area contributed by atoms with E-state index in [-0.39, 0.29) is 11.0 Å². The van der Waals surface area contributed by atoms with Crippen molar-refractivity contribution in [1.82, 2.24) is 5.32 Å². The Kier molecular flexibility index (Phi) is 3.65. The van der Waals surface area contributed by atoms with E-state index in [2.05, 4.69) is 52.1 Å². The number of nitrogens with one attached hydrogen (secondary N) is 1. The number of ether oxygens (including phenoxy) is 1. The third-order valence-electron chi connectivity index (χ3n) is 4.32. The fourth-order valence-electron chi connectivity index (χ4n) is 3.16. The summed E-state index contributed by atoms with van der Waals surface area (Å²) < 4.78 is 5.58. The number of benzene rings is 1. The molecule has 1 saturated heterocycles. The maximum atomic E-state index is 5.58. The molecule has 2 rings (SSSR count). The van der Waals surface area contributed by atoms with E-state index in [1.54, 1.807) is 7.11 Å². The molecule has 2 heteroatoms. The lowest BCUT2D eigenvalue weighted by Crippen LogP contribution is -2.34. The van der Waals surface area contributed by atoms with Gasteiger partial charge in [-0.2, -0.15) is 0 Å². The first-order valence-corrected chi connectivity index (χ1v) is 7.22. The van der Waals surface area contributed by atoms with Crippen LogP contribution in [0.5, 0.6) is 5.75 Å². The van der Waals surface area contributed by atoms with E-state index in [4.69, 9.17) is 4.74 Å². The third kappa shape index (κ3) is 2.64. The molecule has 1 aliphatic heterocycles. The molecule has 1 N–H and O–H groups in total. The molecule has 1 aromatic carbocycles. The van der Waals surface area contributed by atoms with Crippen LogP contribution in [0, 0.1) is 6.92 Å². The van der Waals surface area contributed by atoms with Crippen molar-refractivity contribution in [2.75, 3.05) is 13.7 Å². The number of methoxy groups -OCH3 is 1. The Labute approximate surface area is 117 Å². The molecule has 0 aliphatic carbocycles. The van der Waals surface area contributed by atoms with Crippen LogP contribution in [0.2, 0.25) is 0 Å².